The molecule has 0 aromatic carbocycles. The predicted octanol–water partition coefficient (Wildman–Crippen LogP) is 3.65. The molecule has 1 unspecified atom stereocenters. The fourth-order valence-corrected chi connectivity index (χ4v) is 2.54. The summed E-state index contributed by atoms with van der Waals surface area (Å²) in [6.45, 7) is 17.6. The van der Waals surface area contributed by atoms with Crippen molar-refractivity contribution < 1.29 is 0 Å². The van der Waals surface area contributed by atoms with Gasteiger partial charge in [-0.25, -0.2) is 0 Å². The maximum absolute atomic E-state index is 4.72. The summed E-state index contributed by atoms with van der Waals surface area (Å²) in [6, 6.07) is 0.541. The Bertz CT molecular complexity index is 391. The number of nitrogens with one attached hydrogen (secondary N) is 1. The molecule has 0 amide bonds. The van der Waals surface area contributed by atoms with Crippen LogP contribution in [0, 0.1) is 19.8 Å². The number of hydrogen-bond acceptors (Lipinski definition) is 2. The van der Waals surface area contributed by atoms with Crippen LogP contribution < -0.4 is 5.32 Å². The molecule has 0 fully saturated rings. The van der Waals surface area contributed by atoms with Crippen LogP contribution in [-0.4, -0.2) is 22.4 Å². The lowest BCUT2D eigenvalue weighted by Gasteiger charge is -2.16. The van der Waals surface area contributed by atoms with Crippen LogP contribution >= 0.6 is 0 Å². The third-order valence-corrected chi connectivity index (χ3v) is 3.68. The van der Waals surface area contributed by atoms with Crippen molar-refractivity contribution in [3.8, 4) is 0 Å². The van der Waals surface area contributed by atoms with E-state index in [-0.39, 0.29) is 0 Å². The highest BCUT2D eigenvalue weighted by Crippen LogP contribution is 2.23. The zero-order valence-corrected chi connectivity index (χ0v) is 13.7. The van der Waals surface area contributed by atoms with Gasteiger partial charge < -0.3 is 5.32 Å². The number of hydrogen-bond donors (Lipinski definition) is 1. The minimum atomic E-state index is 0.523. The lowest BCUT2D eigenvalue weighted by Crippen LogP contribution is -2.27. The van der Waals surface area contributed by atoms with Crippen molar-refractivity contribution in [1.82, 2.24) is 15.1 Å². The third kappa shape index (κ3) is 4.64. The lowest BCUT2D eigenvalue weighted by molar-refractivity contribution is 0.478. The first kappa shape index (κ1) is 16.2. The molecule has 1 N–H and O–H groups in total. The van der Waals surface area contributed by atoms with E-state index in [1.165, 1.54) is 23.4 Å². The molecule has 0 aliphatic rings. The molecule has 0 radical (unpaired) electrons. The molecule has 0 saturated heterocycles. The first-order valence-electron chi connectivity index (χ1n) is 7.60. The normalized spacial score (nSPS) is 13.5. The molecular weight excluding hydrogens is 234 g/mol. The van der Waals surface area contributed by atoms with Crippen molar-refractivity contribution in [2.45, 2.75) is 73.4 Å². The van der Waals surface area contributed by atoms with Gasteiger partial charge in [0.25, 0.3) is 0 Å². The van der Waals surface area contributed by atoms with Gasteiger partial charge in [-0.1, -0.05) is 34.6 Å². The molecule has 0 saturated carbocycles. The van der Waals surface area contributed by atoms with Gasteiger partial charge in [0.15, 0.2) is 0 Å². The maximum atomic E-state index is 4.72. The van der Waals surface area contributed by atoms with Crippen LogP contribution in [0.1, 0.15) is 63.9 Å². The second kappa shape index (κ2) is 7.09. The minimum absolute atomic E-state index is 0.523. The number of nitrogens with zero attached hydrogens (tertiary/aromatic N) is 2. The summed E-state index contributed by atoms with van der Waals surface area (Å²) < 4.78 is 2.19. The summed E-state index contributed by atoms with van der Waals surface area (Å²) in [7, 11) is 0. The summed E-state index contributed by atoms with van der Waals surface area (Å²) in [6.07, 6.45) is 1.19. The summed E-state index contributed by atoms with van der Waals surface area (Å²) >= 11 is 0. The molecule has 0 spiro atoms. The van der Waals surface area contributed by atoms with Gasteiger partial charge in [0.05, 0.1) is 5.69 Å². The Morgan fingerprint density at radius 3 is 2.26 bits per heavy atom. The summed E-state index contributed by atoms with van der Waals surface area (Å²) in [5.41, 5.74) is 3.97. The average molecular weight is 265 g/mol. The van der Waals surface area contributed by atoms with Crippen LogP contribution in [0.4, 0.5) is 0 Å². The molecule has 19 heavy (non-hydrogen) atoms. The molecule has 1 aromatic heterocycles. The van der Waals surface area contributed by atoms with E-state index < -0.39 is 0 Å². The van der Waals surface area contributed by atoms with Gasteiger partial charge in [-0.2, -0.15) is 5.10 Å². The van der Waals surface area contributed by atoms with Crippen LogP contribution in [0.2, 0.25) is 0 Å². The van der Waals surface area contributed by atoms with E-state index in [0.717, 1.165) is 19.0 Å². The van der Waals surface area contributed by atoms with Gasteiger partial charge in [-0.3, -0.25) is 4.68 Å². The van der Waals surface area contributed by atoms with Crippen LogP contribution in [0.15, 0.2) is 0 Å². The van der Waals surface area contributed by atoms with E-state index in [9.17, 15) is 0 Å². The van der Waals surface area contributed by atoms with E-state index in [1.54, 1.807) is 0 Å². The van der Waals surface area contributed by atoms with E-state index >= 15 is 0 Å². The highest BCUT2D eigenvalue weighted by molar-refractivity contribution is 5.28. The molecule has 110 valence electrons. The zero-order valence-electron chi connectivity index (χ0n) is 13.7. The Hall–Kier alpha value is -0.830. The first-order valence-corrected chi connectivity index (χ1v) is 7.60. The van der Waals surface area contributed by atoms with Gasteiger partial charge >= 0.3 is 0 Å². The second-order valence-electron chi connectivity index (χ2n) is 6.45. The van der Waals surface area contributed by atoms with Crippen molar-refractivity contribution in [3.63, 3.8) is 0 Å². The topological polar surface area (TPSA) is 29.9 Å². The number of aromatic nitrogens is 2. The molecule has 1 aromatic rings. The molecule has 1 atom stereocenters. The van der Waals surface area contributed by atoms with E-state index in [0.29, 0.717) is 12.0 Å². The summed E-state index contributed by atoms with van der Waals surface area (Å²) in [5.74, 6) is 1.25. The minimum Gasteiger partial charge on any atom is -0.314 e. The van der Waals surface area contributed by atoms with Gasteiger partial charge in [0.1, 0.15) is 0 Å². The van der Waals surface area contributed by atoms with Crippen LogP contribution in [0.5, 0.6) is 0 Å². The van der Waals surface area contributed by atoms with Crippen molar-refractivity contribution in [1.29, 1.82) is 0 Å². The van der Waals surface area contributed by atoms with Gasteiger partial charge in [0.2, 0.25) is 0 Å². The summed E-state index contributed by atoms with van der Waals surface area (Å²) in [4.78, 5) is 0. The fourth-order valence-electron chi connectivity index (χ4n) is 2.54. The zero-order chi connectivity index (χ0) is 14.6. The molecule has 0 aliphatic carbocycles. The first-order chi connectivity index (χ1) is 8.82. The number of rotatable bonds is 7. The third-order valence-electron chi connectivity index (χ3n) is 3.68. The Kier molecular flexibility index (Phi) is 6.05. The molecule has 0 bridgehead atoms. The van der Waals surface area contributed by atoms with Crippen LogP contribution in [-0.2, 0) is 6.54 Å². The van der Waals surface area contributed by atoms with Gasteiger partial charge in [-0.05, 0) is 37.7 Å². The largest absolute Gasteiger partial charge is 0.314 e. The molecule has 3 nitrogen and oxygen atoms in total. The van der Waals surface area contributed by atoms with Gasteiger partial charge in [0, 0.05) is 24.8 Å². The molecule has 3 heteroatoms. The molecule has 1 rings (SSSR count). The quantitative estimate of drug-likeness (QED) is 0.815. The Morgan fingerprint density at radius 2 is 1.74 bits per heavy atom. The second-order valence-corrected chi connectivity index (χ2v) is 6.45. The van der Waals surface area contributed by atoms with E-state index in [1.807, 2.05) is 0 Å². The average Bonchev–Trinajstić information content (AvgIpc) is 2.58. The van der Waals surface area contributed by atoms with Crippen molar-refractivity contribution >= 4 is 0 Å². The predicted molar refractivity (Wildman–Crippen MR) is 82.7 cm³/mol. The van der Waals surface area contributed by atoms with Crippen molar-refractivity contribution in [3.05, 3.63) is 17.0 Å². The fraction of sp³-hybridized carbons (Fsp3) is 0.812. The summed E-state index contributed by atoms with van der Waals surface area (Å²) in [5, 5.41) is 8.24. The smallest absolute Gasteiger partial charge is 0.0631 e. The van der Waals surface area contributed by atoms with Gasteiger partial charge in [-0.15, -0.1) is 0 Å². The Balaban J connectivity index is 2.78. The van der Waals surface area contributed by atoms with E-state index in [2.05, 4.69) is 58.5 Å². The maximum Gasteiger partial charge on any atom is 0.0631 e. The highest BCUT2D eigenvalue weighted by Gasteiger charge is 2.17. The van der Waals surface area contributed by atoms with E-state index in [4.69, 9.17) is 5.10 Å². The van der Waals surface area contributed by atoms with Crippen molar-refractivity contribution in [2.24, 2.45) is 5.92 Å². The molecule has 0 aliphatic heterocycles. The molecule has 1 heterocycles. The van der Waals surface area contributed by atoms with Crippen molar-refractivity contribution in [2.75, 3.05) is 6.54 Å². The Morgan fingerprint density at radius 1 is 1.11 bits per heavy atom. The molecular formula is C16H31N3. The monoisotopic (exact) mass is 265 g/mol. The SMILES string of the molecule is Cc1nn(CCC(C)C)c(C)c1C(C)CNC(C)C. The van der Waals surface area contributed by atoms with Crippen LogP contribution in [0.3, 0.4) is 0 Å². The Labute approximate surface area is 118 Å². The standard InChI is InChI=1S/C16H31N3/c1-11(2)8-9-19-15(7)16(14(6)18-19)13(5)10-17-12(3)4/h11-13,17H,8-10H2,1-7H3. The lowest BCUT2D eigenvalue weighted by atomic mass is 9.99. The number of aryl methyl sites for hydroxylation is 2. The van der Waals surface area contributed by atoms with Crippen LogP contribution in [0.25, 0.3) is 0 Å². The highest BCUT2D eigenvalue weighted by atomic mass is 15.3.